The second-order valence-corrected chi connectivity index (χ2v) is 5.32. The van der Waals surface area contributed by atoms with Crippen LogP contribution < -0.4 is 10.5 Å². The molecule has 0 saturated heterocycles. The van der Waals surface area contributed by atoms with E-state index in [0.717, 1.165) is 22.6 Å². The van der Waals surface area contributed by atoms with E-state index in [0.29, 0.717) is 16.8 Å². The van der Waals surface area contributed by atoms with Gasteiger partial charge in [-0.2, -0.15) is 5.10 Å². The lowest BCUT2D eigenvalue weighted by Gasteiger charge is -2.10. The number of nitrogens with zero attached hydrogens (tertiary/aromatic N) is 2. The summed E-state index contributed by atoms with van der Waals surface area (Å²) >= 11 is 6.11. The Balaban J connectivity index is 2.23. The Morgan fingerprint density at radius 1 is 1.42 bits per heavy atom. The summed E-state index contributed by atoms with van der Waals surface area (Å²) in [5.41, 5.74) is 9.11. The topological polar surface area (TPSA) is 53.1 Å². The Labute approximate surface area is 117 Å². The summed E-state index contributed by atoms with van der Waals surface area (Å²) in [6, 6.07) is 5.56. The van der Waals surface area contributed by atoms with Crippen molar-refractivity contribution in [3.8, 4) is 16.9 Å². The molecule has 2 N–H and O–H groups in total. The predicted molar refractivity (Wildman–Crippen MR) is 76.6 cm³/mol. The van der Waals surface area contributed by atoms with Crippen LogP contribution in [0.4, 0.5) is 5.82 Å². The molecule has 1 aromatic carbocycles. The summed E-state index contributed by atoms with van der Waals surface area (Å²) < 4.78 is 7.15. The summed E-state index contributed by atoms with van der Waals surface area (Å²) in [5, 5.41) is 5.21. The minimum absolute atomic E-state index is 0.516. The summed E-state index contributed by atoms with van der Waals surface area (Å²) in [4.78, 5) is 0. The molecule has 0 amide bonds. The molecule has 0 radical (unpaired) electrons. The van der Waals surface area contributed by atoms with Crippen LogP contribution in [0.25, 0.3) is 11.1 Å². The third-order valence-corrected chi connectivity index (χ3v) is 3.75. The van der Waals surface area contributed by atoms with Crippen molar-refractivity contribution in [3.05, 3.63) is 28.9 Å². The number of hydrogen-bond donors (Lipinski definition) is 1. The Kier molecular flexibility index (Phi) is 2.90. The highest BCUT2D eigenvalue weighted by atomic mass is 35.5. The molecule has 0 bridgehead atoms. The third kappa shape index (κ3) is 2.06. The van der Waals surface area contributed by atoms with Gasteiger partial charge < -0.3 is 10.5 Å². The molecule has 0 aliphatic heterocycles. The first-order valence-corrected chi connectivity index (χ1v) is 6.66. The van der Waals surface area contributed by atoms with E-state index in [4.69, 9.17) is 22.1 Å². The van der Waals surface area contributed by atoms with Crippen LogP contribution in [0, 0.1) is 0 Å². The zero-order valence-corrected chi connectivity index (χ0v) is 11.7. The molecule has 4 nitrogen and oxygen atoms in total. The van der Waals surface area contributed by atoms with Crippen LogP contribution in [0.1, 0.15) is 24.5 Å². The fourth-order valence-electron chi connectivity index (χ4n) is 2.35. The molecule has 1 heterocycles. The van der Waals surface area contributed by atoms with Gasteiger partial charge in [0.15, 0.2) is 0 Å². The summed E-state index contributed by atoms with van der Waals surface area (Å²) in [5.74, 6) is 1.94. The van der Waals surface area contributed by atoms with Crippen LogP contribution in [0.15, 0.2) is 18.2 Å². The van der Waals surface area contributed by atoms with Gasteiger partial charge in [-0.3, -0.25) is 4.68 Å². The second kappa shape index (κ2) is 4.46. The number of nitrogens with two attached hydrogens (primary N) is 1. The Hall–Kier alpha value is -1.68. The van der Waals surface area contributed by atoms with Gasteiger partial charge in [0, 0.05) is 23.6 Å². The van der Waals surface area contributed by atoms with E-state index < -0.39 is 0 Å². The molecule has 0 spiro atoms. The molecule has 19 heavy (non-hydrogen) atoms. The standard InChI is InChI=1S/C14H16ClN3O/c1-18-14(16)12(13(17-18)8-3-4-8)10-7-9(15)5-6-11(10)19-2/h5-8H,3-4,16H2,1-2H3. The molecule has 3 rings (SSSR count). The first kappa shape index (κ1) is 12.4. The van der Waals surface area contributed by atoms with Gasteiger partial charge in [-0.1, -0.05) is 11.6 Å². The molecule has 1 fully saturated rings. The largest absolute Gasteiger partial charge is 0.496 e. The Bertz CT molecular complexity index is 632. The average Bonchev–Trinajstić information content (AvgIpc) is 3.18. The molecule has 5 heteroatoms. The number of aromatic nitrogens is 2. The van der Waals surface area contributed by atoms with E-state index in [1.54, 1.807) is 11.8 Å². The normalized spacial score (nSPS) is 14.7. The monoisotopic (exact) mass is 277 g/mol. The number of anilines is 1. The fourth-order valence-corrected chi connectivity index (χ4v) is 2.52. The number of hydrogen-bond acceptors (Lipinski definition) is 3. The van der Waals surface area contributed by atoms with Crippen LogP contribution in [0.3, 0.4) is 0 Å². The lowest BCUT2D eigenvalue weighted by molar-refractivity contribution is 0.416. The van der Waals surface area contributed by atoms with Gasteiger partial charge in [0.05, 0.1) is 18.4 Å². The van der Waals surface area contributed by atoms with E-state index >= 15 is 0 Å². The van der Waals surface area contributed by atoms with Gasteiger partial charge in [0.25, 0.3) is 0 Å². The van der Waals surface area contributed by atoms with Crippen molar-refractivity contribution in [1.29, 1.82) is 0 Å². The molecule has 1 aliphatic rings. The van der Waals surface area contributed by atoms with Crippen molar-refractivity contribution >= 4 is 17.4 Å². The van der Waals surface area contributed by atoms with Crippen LogP contribution in [-0.4, -0.2) is 16.9 Å². The van der Waals surface area contributed by atoms with E-state index in [9.17, 15) is 0 Å². The maximum atomic E-state index is 6.18. The average molecular weight is 278 g/mol. The van der Waals surface area contributed by atoms with Crippen molar-refractivity contribution in [2.75, 3.05) is 12.8 Å². The van der Waals surface area contributed by atoms with Crippen LogP contribution >= 0.6 is 11.6 Å². The zero-order valence-electron chi connectivity index (χ0n) is 11.0. The Morgan fingerprint density at radius 2 is 2.16 bits per heavy atom. The van der Waals surface area contributed by atoms with Gasteiger partial charge >= 0.3 is 0 Å². The van der Waals surface area contributed by atoms with Crippen molar-refractivity contribution in [2.45, 2.75) is 18.8 Å². The molecule has 1 saturated carbocycles. The molecule has 100 valence electrons. The number of rotatable bonds is 3. The van der Waals surface area contributed by atoms with Crippen molar-refractivity contribution < 1.29 is 4.74 Å². The lowest BCUT2D eigenvalue weighted by Crippen LogP contribution is -1.98. The van der Waals surface area contributed by atoms with Gasteiger partial charge in [0.1, 0.15) is 11.6 Å². The van der Waals surface area contributed by atoms with Crippen molar-refractivity contribution in [2.24, 2.45) is 7.05 Å². The van der Waals surface area contributed by atoms with E-state index in [1.165, 1.54) is 12.8 Å². The molecule has 1 aromatic heterocycles. The van der Waals surface area contributed by atoms with Gasteiger partial charge in [-0.25, -0.2) is 0 Å². The first-order valence-electron chi connectivity index (χ1n) is 6.28. The lowest BCUT2D eigenvalue weighted by atomic mass is 10.0. The Morgan fingerprint density at radius 3 is 2.79 bits per heavy atom. The highest BCUT2D eigenvalue weighted by Gasteiger charge is 2.32. The molecular weight excluding hydrogens is 262 g/mol. The number of ether oxygens (including phenoxy) is 1. The van der Waals surface area contributed by atoms with Gasteiger partial charge in [0.2, 0.25) is 0 Å². The van der Waals surface area contributed by atoms with Crippen LogP contribution in [-0.2, 0) is 7.05 Å². The van der Waals surface area contributed by atoms with Crippen LogP contribution in [0.5, 0.6) is 5.75 Å². The van der Waals surface area contributed by atoms with Crippen molar-refractivity contribution in [3.63, 3.8) is 0 Å². The quantitative estimate of drug-likeness (QED) is 0.937. The van der Waals surface area contributed by atoms with E-state index in [-0.39, 0.29) is 0 Å². The van der Waals surface area contributed by atoms with Gasteiger partial charge in [-0.05, 0) is 31.0 Å². The zero-order chi connectivity index (χ0) is 13.6. The molecular formula is C14H16ClN3O. The summed E-state index contributed by atoms with van der Waals surface area (Å²) in [6.07, 6.45) is 2.35. The molecule has 0 atom stereocenters. The van der Waals surface area contributed by atoms with Gasteiger partial charge in [-0.15, -0.1) is 0 Å². The maximum Gasteiger partial charge on any atom is 0.129 e. The molecule has 0 unspecified atom stereocenters. The highest BCUT2D eigenvalue weighted by Crippen LogP contribution is 2.47. The number of halogens is 1. The third-order valence-electron chi connectivity index (χ3n) is 3.51. The first-order chi connectivity index (χ1) is 9.11. The number of methoxy groups -OCH3 is 1. The van der Waals surface area contributed by atoms with Crippen LogP contribution in [0.2, 0.25) is 5.02 Å². The van der Waals surface area contributed by atoms with E-state index in [2.05, 4.69) is 5.10 Å². The SMILES string of the molecule is COc1ccc(Cl)cc1-c1c(C2CC2)nn(C)c1N. The minimum atomic E-state index is 0.516. The second-order valence-electron chi connectivity index (χ2n) is 4.89. The van der Waals surface area contributed by atoms with E-state index in [1.807, 2.05) is 25.2 Å². The predicted octanol–water partition coefficient (Wildman–Crippen LogP) is 3.21. The smallest absolute Gasteiger partial charge is 0.129 e. The highest BCUT2D eigenvalue weighted by molar-refractivity contribution is 6.31. The fraction of sp³-hybridized carbons (Fsp3) is 0.357. The number of nitrogen functional groups attached to an aromatic ring is 1. The minimum Gasteiger partial charge on any atom is -0.496 e. The number of aryl methyl sites for hydroxylation is 1. The summed E-state index contributed by atoms with van der Waals surface area (Å²) in [6.45, 7) is 0. The maximum absolute atomic E-state index is 6.18. The molecule has 1 aliphatic carbocycles. The molecule has 2 aromatic rings. The summed E-state index contributed by atoms with van der Waals surface area (Å²) in [7, 11) is 3.51. The van der Waals surface area contributed by atoms with Crippen molar-refractivity contribution in [1.82, 2.24) is 9.78 Å². The number of benzene rings is 1.